The number of nitrogens with two attached hydrogens (primary N) is 1. The Bertz CT molecular complexity index is 401. The lowest BCUT2D eigenvalue weighted by Gasteiger charge is -2.16. The molecular weight excluding hydrogens is 252 g/mol. The first kappa shape index (κ1) is 16.5. The largest absolute Gasteiger partial charge is 0.497 e. The van der Waals surface area contributed by atoms with Gasteiger partial charge in [-0.1, -0.05) is 25.5 Å². The zero-order valence-corrected chi connectivity index (χ0v) is 12.5. The average molecular weight is 278 g/mol. The first-order chi connectivity index (χ1) is 9.69. The molecule has 4 nitrogen and oxygen atoms in total. The Hall–Kier alpha value is -1.55. The predicted molar refractivity (Wildman–Crippen MR) is 81.8 cm³/mol. The van der Waals surface area contributed by atoms with Gasteiger partial charge in [-0.3, -0.25) is 4.79 Å². The van der Waals surface area contributed by atoms with E-state index in [1.807, 2.05) is 24.3 Å². The Morgan fingerprint density at radius 2 is 2.20 bits per heavy atom. The summed E-state index contributed by atoms with van der Waals surface area (Å²) in [6.45, 7) is 3.55. The normalized spacial score (nSPS) is 11.9. The van der Waals surface area contributed by atoms with Crippen LogP contribution in [0.1, 0.15) is 31.7 Å². The van der Waals surface area contributed by atoms with Gasteiger partial charge in [0.05, 0.1) is 13.5 Å². The molecule has 112 valence electrons. The molecule has 4 heteroatoms. The number of carbonyl (C=O) groups is 1. The number of carbonyl (C=O) groups excluding carboxylic acids is 1. The number of rotatable bonds is 9. The highest BCUT2D eigenvalue weighted by Crippen LogP contribution is 2.13. The van der Waals surface area contributed by atoms with E-state index < -0.39 is 0 Å². The molecular formula is C16H26N2O2. The Morgan fingerprint density at radius 3 is 2.85 bits per heavy atom. The first-order valence-corrected chi connectivity index (χ1v) is 7.29. The summed E-state index contributed by atoms with van der Waals surface area (Å²) in [5.41, 5.74) is 6.56. The van der Waals surface area contributed by atoms with Crippen molar-refractivity contribution in [2.45, 2.75) is 32.6 Å². The summed E-state index contributed by atoms with van der Waals surface area (Å²) >= 11 is 0. The van der Waals surface area contributed by atoms with Crippen molar-refractivity contribution in [1.29, 1.82) is 0 Å². The monoisotopic (exact) mass is 278 g/mol. The fourth-order valence-corrected chi connectivity index (χ4v) is 2.28. The molecule has 0 heterocycles. The summed E-state index contributed by atoms with van der Waals surface area (Å²) in [5.74, 6) is 1.32. The van der Waals surface area contributed by atoms with E-state index in [2.05, 4.69) is 12.2 Å². The second-order valence-electron chi connectivity index (χ2n) is 5.06. The van der Waals surface area contributed by atoms with Gasteiger partial charge in [-0.25, -0.2) is 0 Å². The van der Waals surface area contributed by atoms with Gasteiger partial charge in [-0.05, 0) is 43.0 Å². The molecule has 0 radical (unpaired) electrons. The van der Waals surface area contributed by atoms with Crippen molar-refractivity contribution in [1.82, 2.24) is 5.32 Å². The molecule has 1 aromatic carbocycles. The van der Waals surface area contributed by atoms with Crippen LogP contribution in [0.5, 0.6) is 5.75 Å². The van der Waals surface area contributed by atoms with Gasteiger partial charge >= 0.3 is 0 Å². The maximum Gasteiger partial charge on any atom is 0.224 e. The summed E-state index contributed by atoms with van der Waals surface area (Å²) in [6.07, 6.45) is 3.58. The van der Waals surface area contributed by atoms with Crippen molar-refractivity contribution < 1.29 is 9.53 Å². The molecule has 1 aromatic rings. The van der Waals surface area contributed by atoms with E-state index >= 15 is 0 Å². The molecule has 1 rings (SSSR count). The Labute approximate surface area is 121 Å². The van der Waals surface area contributed by atoms with E-state index in [0.29, 0.717) is 25.4 Å². The zero-order valence-electron chi connectivity index (χ0n) is 12.5. The van der Waals surface area contributed by atoms with Crippen LogP contribution in [0.25, 0.3) is 0 Å². The summed E-state index contributed by atoms with van der Waals surface area (Å²) in [7, 11) is 1.63. The van der Waals surface area contributed by atoms with Gasteiger partial charge in [0.2, 0.25) is 5.91 Å². The maximum absolute atomic E-state index is 11.9. The first-order valence-electron chi connectivity index (χ1n) is 7.29. The van der Waals surface area contributed by atoms with E-state index in [1.165, 1.54) is 0 Å². The number of amides is 1. The van der Waals surface area contributed by atoms with Gasteiger partial charge in [-0.15, -0.1) is 0 Å². The second-order valence-corrected chi connectivity index (χ2v) is 5.06. The third-order valence-corrected chi connectivity index (χ3v) is 3.36. The third-order valence-electron chi connectivity index (χ3n) is 3.36. The van der Waals surface area contributed by atoms with Crippen LogP contribution in [0, 0.1) is 5.92 Å². The molecule has 0 aliphatic rings. The van der Waals surface area contributed by atoms with E-state index in [1.54, 1.807) is 7.11 Å². The molecule has 0 bridgehead atoms. The minimum atomic E-state index is 0.0522. The van der Waals surface area contributed by atoms with Gasteiger partial charge in [0.1, 0.15) is 5.75 Å². The molecule has 3 N–H and O–H groups in total. The second kappa shape index (κ2) is 9.37. The van der Waals surface area contributed by atoms with Crippen LogP contribution < -0.4 is 15.8 Å². The van der Waals surface area contributed by atoms with Gasteiger partial charge in [0, 0.05) is 6.54 Å². The maximum atomic E-state index is 11.9. The van der Waals surface area contributed by atoms with E-state index in [9.17, 15) is 4.79 Å². The molecule has 0 fully saturated rings. The smallest absolute Gasteiger partial charge is 0.224 e. The minimum absolute atomic E-state index is 0.0522. The predicted octanol–water partition coefficient (Wildman–Crippen LogP) is 2.12. The molecule has 0 aromatic heterocycles. The van der Waals surface area contributed by atoms with Crippen LogP contribution in [0.3, 0.4) is 0 Å². The fourth-order valence-electron chi connectivity index (χ4n) is 2.28. The summed E-state index contributed by atoms with van der Waals surface area (Å²) in [4.78, 5) is 11.9. The van der Waals surface area contributed by atoms with Crippen LogP contribution in [-0.2, 0) is 11.2 Å². The molecule has 0 saturated carbocycles. The van der Waals surface area contributed by atoms with Crippen molar-refractivity contribution in [2.24, 2.45) is 11.7 Å². The zero-order chi connectivity index (χ0) is 14.8. The van der Waals surface area contributed by atoms with Crippen LogP contribution in [0.2, 0.25) is 0 Å². The van der Waals surface area contributed by atoms with Gasteiger partial charge in [0.25, 0.3) is 0 Å². The van der Waals surface area contributed by atoms with Gasteiger partial charge < -0.3 is 15.8 Å². The summed E-state index contributed by atoms with van der Waals surface area (Å²) in [5, 5.41) is 3.00. The van der Waals surface area contributed by atoms with Crippen LogP contribution >= 0.6 is 0 Å². The number of ether oxygens (including phenoxy) is 1. The molecule has 1 amide bonds. The molecule has 0 aliphatic heterocycles. The standard InChI is InChI=1S/C16H26N2O2/c1-3-5-13(8-9-17)12-18-16(19)11-14-6-4-7-15(10-14)20-2/h4,6-7,10,13H,3,5,8-9,11-12,17H2,1-2H3,(H,18,19). The van der Waals surface area contributed by atoms with Crippen LogP contribution in [-0.4, -0.2) is 26.1 Å². The topological polar surface area (TPSA) is 64.3 Å². The lowest BCUT2D eigenvalue weighted by Crippen LogP contribution is -2.31. The number of benzene rings is 1. The Kier molecular flexibility index (Phi) is 7.73. The van der Waals surface area contributed by atoms with E-state index in [4.69, 9.17) is 10.5 Å². The number of nitrogens with one attached hydrogen (secondary N) is 1. The Balaban J connectivity index is 2.42. The van der Waals surface area contributed by atoms with Crippen molar-refractivity contribution in [2.75, 3.05) is 20.2 Å². The average Bonchev–Trinajstić information content (AvgIpc) is 2.45. The van der Waals surface area contributed by atoms with Gasteiger partial charge in [-0.2, -0.15) is 0 Å². The molecule has 0 saturated heterocycles. The molecule has 1 atom stereocenters. The highest BCUT2D eigenvalue weighted by Gasteiger charge is 2.09. The van der Waals surface area contributed by atoms with Crippen LogP contribution in [0.4, 0.5) is 0 Å². The Morgan fingerprint density at radius 1 is 1.40 bits per heavy atom. The number of methoxy groups -OCH3 is 1. The highest BCUT2D eigenvalue weighted by atomic mass is 16.5. The summed E-state index contributed by atoms with van der Waals surface area (Å²) in [6, 6.07) is 7.60. The van der Waals surface area contributed by atoms with E-state index in [-0.39, 0.29) is 5.91 Å². The number of hydrogen-bond donors (Lipinski definition) is 2. The lowest BCUT2D eigenvalue weighted by atomic mass is 10.00. The highest BCUT2D eigenvalue weighted by molar-refractivity contribution is 5.78. The molecule has 1 unspecified atom stereocenters. The van der Waals surface area contributed by atoms with Gasteiger partial charge in [0.15, 0.2) is 0 Å². The van der Waals surface area contributed by atoms with Crippen molar-refractivity contribution in [3.63, 3.8) is 0 Å². The van der Waals surface area contributed by atoms with Crippen LogP contribution in [0.15, 0.2) is 24.3 Å². The molecule has 20 heavy (non-hydrogen) atoms. The van der Waals surface area contributed by atoms with E-state index in [0.717, 1.165) is 30.6 Å². The lowest BCUT2D eigenvalue weighted by molar-refractivity contribution is -0.120. The minimum Gasteiger partial charge on any atom is -0.497 e. The van der Waals surface area contributed by atoms with Crippen molar-refractivity contribution in [3.05, 3.63) is 29.8 Å². The third kappa shape index (κ3) is 6.06. The molecule has 0 spiro atoms. The fraction of sp³-hybridized carbons (Fsp3) is 0.562. The van der Waals surface area contributed by atoms with Crippen molar-refractivity contribution >= 4 is 5.91 Å². The SMILES string of the molecule is CCCC(CCN)CNC(=O)Cc1cccc(OC)c1. The quantitative estimate of drug-likeness (QED) is 0.727. The number of hydrogen-bond acceptors (Lipinski definition) is 3. The summed E-state index contributed by atoms with van der Waals surface area (Å²) < 4.78 is 5.15. The van der Waals surface area contributed by atoms with Crippen molar-refractivity contribution in [3.8, 4) is 5.75 Å². The molecule has 0 aliphatic carbocycles.